The summed E-state index contributed by atoms with van der Waals surface area (Å²) in [6.07, 6.45) is 2.23. The Morgan fingerprint density at radius 3 is 2.75 bits per heavy atom. The third-order valence-corrected chi connectivity index (χ3v) is 3.17. The Balaban J connectivity index is 1.99. The molecule has 20 heavy (non-hydrogen) atoms. The Hall–Kier alpha value is -2.83. The number of hydrogen-bond acceptors (Lipinski definition) is 5. The summed E-state index contributed by atoms with van der Waals surface area (Å²) in [6.45, 7) is 1.95. The van der Waals surface area contributed by atoms with Gasteiger partial charge in [-0.05, 0) is 6.92 Å². The average molecular weight is 265 g/mol. The zero-order chi connectivity index (χ0) is 13.5. The predicted octanol–water partition coefficient (Wildman–Crippen LogP) is 1.31. The van der Waals surface area contributed by atoms with Crippen molar-refractivity contribution in [2.45, 2.75) is 13.3 Å². The molecule has 7 nitrogen and oxygen atoms in total. The van der Waals surface area contributed by atoms with Gasteiger partial charge in [-0.3, -0.25) is 0 Å². The van der Waals surface area contributed by atoms with E-state index < -0.39 is 0 Å². The lowest BCUT2D eigenvalue weighted by atomic mass is 10.2. The van der Waals surface area contributed by atoms with E-state index in [9.17, 15) is 0 Å². The van der Waals surface area contributed by atoms with Crippen molar-refractivity contribution in [1.29, 1.82) is 0 Å². The fourth-order valence-electron chi connectivity index (χ4n) is 2.31. The van der Waals surface area contributed by atoms with Crippen LogP contribution in [0.15, 0.2) is 41.8 Å². The molecule has 3 heterocycles. The number of benzene rings is 1. The third kappa shape index (κ3) is 1.56. The van der Waals surface area contributed by atoms with Crippen LogP contribution in [0.1, 0.15) is 12.7 Å². The second kappa shape index (κ2) is 4.09. The van der Waals surface area contributed by atoms with Crippen LogP contribution in [0, 0.1) is 0 Å². The maximum Gasteiger partial charge on any atom is 0.259 e. The Labute approximate surface area is 114 Å². The van der Waals surface area contributed by atoms with Crippen molar-refractivity contribution in [1.82, 2.24) is 29.6 Å². The largest absolute Gasteiger partial charge is 0.259 e. The summed E-state index contributed by atoms with van der Waals surface area (Å²) in [4.78, 5) is 0. The van der Waals surface area contributed by atoms with E-state index in [2.05, 4.69) is 25.5 Å². The van der Waals surface area contributed by atoms with Gasteiger partial charge in [0.1, 0.15) is 12.2 Å². The molecule has 0 spiro atoms. The maximum atomic E-state index is 4.44. The van der Waals surface area contributed by atoms with Crippen molar-refractivity contribution in [3.63, 3.8) is 0 Å². The second-order valence-corrected chi connectivity index (χ2v) is 4.63. The van der Waals surface area contributed by atoms with Gasteiger partial charge in [0.25, 0.3) is 5.95 Å². The first-order chi connectivity index (χ1) is 9.83. The van der Waals surface area contributed by atoms with Crippen LogP contribution in [-0.4, -0.2) is 35.3 Å². The molecule has 1 aromatic carbocycles. The van der Waals surface area contributed by atoms with Crippen LogP contribution >= 0.6 is 0 Å². The third-order valence-electron chi connectivity index (χ3n) is 3.17. The first kappa shape index (κ1) is 11.0. The monoisotopic (exact) mass is 265 g/mol. The molecule has 0 fully saturated rings. The van der Waals surface area contributed by atoms with E-state index in [0.29, 0.717) is 12.4 Å². The molecule has 0 unspecified atom stereocenters. The normalized spacial score (nSPS) is 13.3. The van der Waals surface area contributed by atoms with E-state index in [1.807, 2.05) is 41.8 Å². The first-order valence-corrected chi connectivity index (χ1v) is 6.27. The average Bonchev–Trinajstić information content (AvgIpc) is 3.04. The number of rotatable bonds is 1. The van der Waals surface area contributed by atoms with Crippen LogP contribution in [0.2, 0.25) is 0 Å². The van der Waals surface area contributed by atoms with Crippen molar-refractivity contribution in [2.75, 3.05) is 0 Å². The van der Waals surface area contributed by atoms with Crippen LogP contribution in [-0.2, 0) is 6.42 Å². The van der Waals surface area contributed by atoms with E-state index >= 15 is 0 Å². The van der Waals surface area contributed by atoms with Gasteiger partial charge in [0.15, 0.2) is 5.82 Å². The number of fused-ring (bicyclic) bond motifs is 3. The standard InChI is InChI=1S/C13H11N7/c1-9-7-11-15-16-12(10-5-3-2-4-6-10)20(11)13-17-14-8-19(13)18-9/h2-6,8H,7H2,1H3. The Morgan fingerprint density at radius 2 is 1.90 bits per heavy atom. The molecular formula is C13H11N7. The summed E-state index contributed by atoms with van der Waals surface area (Å²) in [6, 6.07) is 9.91. The zero-order valence-electron chi connectivity index (χ0n) is 10.8. The van der Waals surface area contributed by atoms with Gasteiger partial charge in [0.05, 0.1) is 0 Å². The predicted molar refractivity (Wildman–Crippen MR) is 72.6 cm³/mol. The smallest absolute Gasteiger partial charge is 0.244 e. The van der Waals surface area contributed by atoms with E-state index in [-0.39, 0.29) is 0 Å². The summed E-state index contributed by atoms with van der Waals surface area (Å²) in [5.41, 5.74) is 1.93. The summed E-state index contributed by atoms with van der Waals surface area (Å²) < 4.78 is 3.56. The van der Waals surface area contributed by atoms with Crippen molar-refractivity contribution >= 4 is 5.71 Å². The molecule has 0 aliphatic carbocycles. The number of aromatic nitrogens is 6. The van der Waals surface area contributed by atoms with Crippen LogP contribution in [0.4, 0.5) is 0 Å². The highest BCUT2D eigenvalue weighted by Crippen LogP contribution is 2.23. The Morgan fingerprint density at radius 1 is 1.05 bits per heavy atom. The zero-order valence-corrected chi connectivity index (χ0v) is 10.8. The lowest BCUT2D eigenvalue weighted by Gasteiger charge is -2.05. The molecule has 0 bridgehead atoms. The molecule has 0 saturated carbocycles. The van der Waals surface area contributed by atoms with E-state index in [1.54, 1.807) is 11.0 Å². The summed E-state index contributed by atoms with van der Waals surface area (Å²) in [7, 11) is 0. The van der Waals surface area contributed by atoms with Gasteiger partial charge in [-0.2, -0.15) is 9.78 Å². The number of nitrogens with zero attached hydrogens (tertiary/aromatic N) is 7. The van der Waals surface area contributed by atoms with E-state index in [4.69, 9.17) is 0 Å². The van der Waals surface area contributed by atoms with Crippen molar-refractivity contribution < 1.29 is 0 Å². The van der Waals surface area contributed by atoms with E-state index in [1.165, 1.54) is 0 Å². The molecule has 3 aromatic rings. The SMILES string of the molecule is CC1=Nn2cnnc2-n2c(nnc2-c2ccccc2)C1. The minimum Gasteiger partial charge on any atom is -0.244 e. The topological polar surface area (TPSA) is 73.8 Å². The van der Waals surface area contributed by atoms with Gasteiger partial charge in [-0.15, -0.1) is 20.4 Å². The van der Waals surface area contributed by atoms with Crippen molar-refractivity contribution in [2.24, 2.45) is 5.10 Å². The fourth-order valence-corrected chi connectivity index (χ4v) is 2.31. The van der Waals surface area contributed by atoms with Gasteiger partial charge < -0.3 is 0 Å². The molecule has 0 saturated heterocycles. The number of hydrogen-bond donors (Lipinski definition) is 0. The highest BCUT2D eigenvalue weighted by molar-refractivity contribution is 5.84. The van der Waals surface area contributed by atoms with Crippen LogP contribution in [0.25, 0.3) is 17.3 Å². The Kier molecular flexibility index (Phi) is 2.26. The van der Waals surface area contributed by atoms with Crippen molar-refractivity contribution in [3.8, 4) is 17.3 Å². The molecule has 2 aromatic heterocycles. The molecule has 0 radical (unpaired) electrons. The molecule has 1 aliphatic rings. The molecule has 1 aliphatic heterocycles. The highest BCUT2D eigenvalue weighted by Gasteiger charge is 2.22. The lowest BCUT2D eigenvalue weighted by Crippen LogP contribution is -2.06. The fraction of sp³-hybridized carbons (Fsp3) is 0.154. The molecule has 0 atom stereocenters. The Bertz CT molecular complexity index is 797. The summed E-state index contributed by atoms with van der Waals surface area (Å²) >= 11 is 0. The van der Waals surface area contributed by atoms with Gasteiger partial charge in [-0.1, -0.05) is 30.3 Å². The molecular weight excluding hydrogens is 254 g/mol. The summed E-state index contributed by atoms with van der Waals surface area (Å²) in [5, 5.41) is 21.1. The molecule has 0 amide bonds. The van der Waals surface area contributed by atoms with Gasteiger partial charge in [-0.25, -0.2) is 4.57 Å². The van der Waals surface area contributed by atoms with Crippen LogP contribution in [0.3, 0.4) is 0 Å². The minimum atomic E-state index is 0.612. The highest BCUT2D eigenvalue weighted by atomic mass is 15.5. The second-order valence-electron chi connectivity index (χ2n) is 4.63. The molecule has 0 N–H and O–H groups in total. The molecule has 4 rings (SSSR count). The van der Waals surface area contributed by atoms with Gasteiger partial charge >= 0.3 is 0 Å². The van der Waals surface area contributed by atoms with E-state index in [0.717, 1.165) is 22.9 Å². The van der Waals surface area contributed by atoms with Crippen LogP contribution in [0.5, 0.6) is 0 Å². The molecule has 98 valence electrons. The van der Waals surface area contributed by atoms with Crippen molar-refractivity contribution in [3.05, 3.63) is 42.5 Å². The lowest BCUT2D eigenvalue weighted by molar-refractivity contribution is 0.799. The molecule has 7 heteroatoms. The maximum absolute atomic E-state index is 4.44. The summed E-state index contributed by atoms with van der Waals surface area (Å²) in [5.74, 6) is 2.18. The quantitative estimate of drug-likeness (QED) is 0.665. The van der Waals surface area contributed by atoms with Gasteiger partial charge in [0.2, 0.25) is 0 Å². The van der Waals surface area contributed by atoms with Gasteiger partial charge in [0, 0.05) is 17.7 Å². The first-order valence-electron chi connectivity index (χ1n) is 6.27. The minimum absolute atomic E-state index is 0.612. The van der Waals surface area contributed by atoms with Crippen LogP contribution < -0.4 is 0 Å².